The molecule has 3 rings (SSSR count). The fraction of sp³-hybridized carbons (Fsp3) is 0.150. The highest BCUT2D eigenvalue weighted by Crippen LogP contribution is 2.33. The van der Waals surface area contributed by atoms with E-state index in [1.807, 2.05) is 30.3 Å². The minimum atomic E-state index is -0.412. The van der Waals surface area contributed by atoms with E-state index in [1.165, 1.54) is 20.4 Å². The highest BCUT2D eigenvalue weighted by Gasteiger charge is 2.12. The second-order valence-electron chi connectivity index (χ2n) is 5.68. The number of aromatic nitrogens is 2. The number of H-pyrrole nitrogens is 1. The van der Waals surface area contributed by atoms with E-state index in [1.54, 1.807) is 25.3 Å². The zero-order chi connectivity index (χ0) is 19.9. The van der Waals surface area contributed by atoms with Gasteiger partial charge in [-0.25, -0.2) is 5.43 Å². The van der Waals surface area contributed by atoms with Crippen LogP contribution in [-0.2, 0) is 0 Å². The van der Waals surface area contributed by atoms with Crippen LogP contribution in [0.5, 0.6) is 17.2 Å². The molecule has 0 radical (unpaired) electrons. The van der Waals surface area contributed by atoms with Crippen LogP contribution in [0.1, 0.15) is 16.1 Å². The maximum atomic E-state index is 12.3. The number of nitrogens with one attached hydrogen (secondary N) is 2. The number of rotatable bonds is 7. The lowest BCUT2D eigenvalue weighted by atomic mass is 10.1. The van der Waals surface area contributed by atoms with Gasteiger partial charge >= 0.3 is 0 Å². The van der Waals surface area contributed by atoms with E-state index in [2.05, 4.69) is 20.7 Å². The SMILES string of the molecule is COc1cc(OC)c(OC)cc1/C=N/NC(=O)c1cc(-c2ccccc2)n[nH]1. The normalized spacial score (nSPS) is 10.7. The Morgan fingerprint density at radius 2 is 1.68 bits per heavy atom. The van der Waals surface area contributed by atoms with Crippen molar-refractivity contribution >= 4 is 12.1 Å². The van der Waals surface area contributed by atoms with Gasteiger partial charge in [0.25, 0.3) is 5.91 Å². The van der Waals surface area contributed by atoms with Crippen LogP contribution < -0.4 is 19.6 Å². The number of hydrogen-bond donors (Lipinski definition) is 2. The Hall–Kier alpha value is -3.81. The summed E-state index contributed by atoms with van der Waals surface area (Å²) in [7, 11) is 4.61. The van der Waals surface area contributed by atoms with E-state index in [9.17, 15) is 4.79 Å². The van der Waals surface area contributed by atoms with Gasteiger partial charge in [0, 0.05) is 17.2 Å². The van der Waals surface area contributed by atoms with Crippen LogP contribution in [0.15, 0.2) is 53.6 Å². The molecule has 0 atom stereocenters. The van der Waals surface area contributed by atoms with E-state index >= 15 is 0 Å². The second-order valence-corrected chi connectivity index (χ2v) is 5.68. The van der Waals surface area contributed by atoms with E-state index in [0.717, 1.165) is 5.56 Å². The smallest absolute Gasteiger partial charge is 0.289 e. The van der Waals surface area contributed by atoms with Gasteiger partial charge in [-0.15, -0.1) is 0 Å². The molecule has 0 saturated heterocycles. The first-order chi connectivity index (χ1) is 13.7. The fourth-order valence-corrected chi connectivity index (χ4v) is 2.57. The topological polar surface area (TPSA) is 97.8 Å². The molecule has 1 heterocycles. The highest BCUT2D eigenvalue weighted by atomic mass is 16.5. The van der Waals surface area contributed by atoms with Crippen LogP contribution >= 0.6 is 0 Å². The molecule has 3 aromatic rings. The third kappa shape index (κ3) is 4.12. The molecule has 1 amide bonds. The Morgan fingerprint density at radius 1 is 1.00 bits per heavy atom. The molecular formula is C20H20N4O4. The largest absolute Gasteiger partial charge is 0.496 e. The molecule has 0 unspecified atom stereocenters. The van der Waals surface area contributed by atoms with Gasteiger partial charge in [-0.05, 0) is 12.1 Å². The second kappa shape index (κ2) is 8.72. The Kier molecular flexibility index (Phi) is 5.91. The summed E-state index contributed by atoms with van der Waals surface area (Å²) in [5, 5.41) is 10.9. The molecule has 0 spiro atoms. The summed E-state index contributed by atoms with van der Waals surface area (Å²) in [6.45, 7) is 0. The van der Waals surface area contributed by atoms with Gasteiger partial charge in [0.15, 0.2) is 11.5 Å². The maximum absolute atomic E-state index is 12.3. The van der Waals surface area contributed by atoms with Gasteiger partial charge < -0.3 is 14.2 Å². The predicted octanol–water partition coefficient (Wildman–Crippen LogP) is 2.87. The average Bonchev–Trinajstić information content (AvgIpc) is 3.24. The summed E-state index contributed by atoms with van der Waals surface area (Å²) < 4.78 is 15.8. The Balaban J connectivity index is 1.73. The number of hydrazone groups is 1. The molecule has 144 valence electrons. The van der Waals surface area contributed by atoms with Crippen LogP contribution in [0.3, 0.4) is 0 Å². The first-order valence-corrected chi connectivity index (χ1v) is 8.40. The van der Waals surface area contributed by atoms with Gasteiger partial charge in [-0.3, -0.25) is 9.89 Å². The molecular weight excluding hydrogens is 360 g/mol. The van der Waals surface area contributed by atoms with E-state index in [4.69, 9.17) is 14.2 Å². The molecule has 1 aromatic heterocycles. The van der Waals surface area contributed by atoms with Crippen molar-refractivity contribution < 1.29 is 19.0 Å². The predicted molar refractivity (Wildman–Crippen MR) is 105 cm³/mol. The molecule has 8 nitrogen and oxygen atoms in total. The molecule has 2 aromatic carbocycles. The number of carbonyl (C=O) groups is 1. The zero-order valence-electron chi connectivity index (χ0n) is 15.7. The summed E-state index contributed by atoms with van der Waals surface area (Å²) >= 11 is 0. The lowest BCUT2D eigenvalue weighted by Crippen LogP contribution is -2.18. The molecule has 0 aliphatic carbocycles. The zero-order valence-corrected chi connectivity index (χ0v) is 15.7. The number of benzene rings is 2. The molecule has 8 heteroatoms. The summed E-state index contributed by atoms with van der Waals surface area (Å²) in [6.07, 6.45) is 1.47. The van der Waals surface area contributed by atoms with Crippen LogP contribution in [-0.4, -0.2) is 43.6 Å². The van der Waals surface area contributed by atoms with Crippen molar-refractivity contribution in [1.82, 2.24) is 15.6 Å². The van der Waals surface area contributed by atoms with Crippen molar-refractivity contribution in [3.8, 4) is 28.5 Å². The molecule has 0 bridgehead atoms. The van der Waals surface area contributed by atoms with Crippen molar-refractivity contribution in [3.05, 3.63) is 59.8 Å². The first kappa shape index (κ1) is 19.0. The number of ether oxygens (including phenoxy) is 3. The lowest BCUT2D eigenvalue weighted by molar-refractivity contribution is 0.0950. The summed E-state index contributed by atoms with van der Waals surface area (Å²) in [6, 6.07) is 14.6. The molecule has 28 heavy (non-hydrogen) atoms. The van der Waals surface area contributed by atoms with Crippen LogP contribution in [0.4, 0.5) is 0 Å². The van der Waals surface area contributed by atoms with Crippen LogP contribution in [0.25, 0.3) is 11.3 Å². The molecule has 0 saturated carbocycles. The number of hydrogen-bond acceptors (Lipinski definition) is 6. The minimum Gasteiger partial charge on any atom is -0.496 e. The number of methoxy groups -OCH3 is 3. The van der Waals surface area contributed by atoms with Crippen LogP contribution in [0, 0.1) is 0 Å². The Bertz CT molecular complexity index is 983. The third-order valence-electron chi connectivity index (χ3n) is 4.00. The first-order valence-electron chi connectivity index (χ1n) is 8.40. The van der Waals surface area contributed by atoms with Crippen molar-refractivity contribution in [2.75, 3.05) is 21.3 Å². The number of amides is 1. The Labute approximate surface area is 162 Å². The summed E-state index contributed by atoms with van der Waals surface area (Å²) in [4.78, 5) is 12.3. The van der Waals surface area contributed by atoms with Gasteiger partial charge in [0.05, 0.1) is 33.2 Å². The minimum absolute atomic E-state index is 0.301. The van der Waals surface area contributed by atoms with Crippen molar-refractivity contribution in [2.45, 2.75) is 0 Å². The molecule has 0 aliphatic rings. The summed E-state index contributed by atoms with van der Waals surface area (Å²) in [5.74, 6) is 1.18. The van der Waals surface area contributed by atoms with Crippen LogP contribution in [0.2, 0.25) is 0 Å². The van der Waals surface area contributed by atoms with Gasteiger partial charge in [0.1, 0.15) is 11.4 Å². The molecule has 0 fully saturated rings. The quantitative estimate of drug-likeness (QED) is 0.485. The molecule has 0 aliphatic heterocycles. The average molecular weight is 380 g/mol. The monoisotopic (exact) mass is 380 g/mol. The number of nitrogens with zero attached hydrogens (tertiary/aromatic N) is 2. The van der Waals surface area contributed by atoms with Gasteiger partial charge in [-0.1, -0.05) is 30.3 Å². The number of aromatic amines is 1. The maximum Gasteiger partial charge on any atom is 0.289 e. The fourth-order valence-electron chi connectivity index (χ4n) is 2.57. The summed E-state index contributed by atoms with van der Waals surface area (Å²) in [5.41, 5.74) is 4.97. The standard InChI is InChI=1S/C20H20N4O4/c1-26-17-11-19(28-3)18(27-2)9-14(17)12-21-24-20(25)16-10-15(22-23-16)13-7-5-4-6-8-13/h4-12H,1-3H3,(H,22,23)(H,24,25)/b21-12+. The van der Waals surface area contributed by atoms with Crippen molar-refractivity contribution in [1.29, 1.82) is 0 Å². The third-order valence-corrected chi connectivity index (χ3v) is 4.00. The number of carbonyl (C=O) groups excluding carboxylic acids is 1. The highest BCUT2D eigenvalue weighted by molar-refractivity contribution is 5.94. The van der Waals surface area contributed by atoms with E-state index in [0.29, 0.717) is 34.2 Å². The molecule has 2 N–H and O–H groups in total. The van der Waals surface area contributed by atoms with Gasteiger partial charge in [-0.2, -0.15) is 10.2 Å². The van der Waals surface area contributed by atoms with Gasteiger partial charge in [0.2, 0.25) is 0 Å². The van der Waals surface area contributed by atoms with Crippen molar-refractivity contribution in [2.24, 2.45) is 5.10 Å². The van der Waals surface area contributed by atoms with E-state index in [-0.39, 0.29) is 0 Å². The Morgan fingerprint density at radius 3 is 2.36 bits per heavy atom. The van der Waals surface area contributed by atoms with Crippen molar-refractivity contribution in [3.63, 3.8) is 0 Å². The van der Waals surface area contributed by atoms with E-state index < -0.39 is 5.91 Å². The lowest BCUT2D eigenvalue weighted by Gasteiger charge is -2.11.